The minimum absolute atomic E-state index is 0. The average molecular weight is 787 g/mol. The van der Waals surface area contributed by atoms with Gasteiger partial charge in [-0.15, -0.1) is 33.4 Å². The van der Waals surface area contributed by atoms with Crippen LogP contribution in [0.25, 0.3) is 17.2 Å². The van der Waals surface area contributed by atoms with Gasteiger partial charge in [-0.25, -0.2) is 0 Å². The fourth-order valence-corrected chi connectivity index (χ4v) is 8.18. The smallest absolute Gasteiger partial charge is 0.0775 e. The second-order valence-electron chi connectivity index (χ2n) is 12.9. The van der Waals surface area contributed by atoms with E-state index in [1.54, 1.807) is 0 Å². The summed E-state index contributed by atoms with van der Waals surface area (Å²) < 4.78 is 0. The van der Waals surface area contributed by atoms with Gasteiger partial charge >= 0.3 is 0 Å². The number of benzene rings is 4. The van der Waals surface area contributed by atoms with Gasteiger partial charge in [0.05, 0.1) is 16.1 Å². The Bertz CT molecular complexity index is 1820. The molecule has 2 aliphatic rings. The summed E-state index contributed by atoms with van der Waals surface area (Å²) in [4.78, 5) is 0. The maximum Gasteiger partial charge on any atom is 0.0775 e. The molecule has 0 atom stereocenters. The van der Waals surface area contributed by atoms with Crippen molar-refractivity contribution in [2.75, 3.05) is 0 Å². The first-order valence-electron chi connectivity index (χ1n) is 14.1. The molecule has 4 aromatic carbocycles. The van der Waals surface area contributed by atoms with Crippen molar-refractivity contribution in [2.24, 2.45) is 0 Å². The molecule has 0 saturated carbocycles. The molecule has 2 aliphatic carbocycles. The molecule has 42 heavy (non-hydrogen) atoms. The summed E-state index contributed by atoms with van der Waals surface area (Å²) in [7, 11) is -2.78. The Balaban J connectivity index is 0.00000161. The molecule has 0 N–H and O–H groups in total. The van der Waals surface area contributed by atoms with Gasteiger partial charge in [0, 0.05) is 25.8 Å². The van der Waals surface area contributed by atoms with Crippen LogP contribution in [0, 0.1) is 10.4 Å². The van der Waals surface area contributed by atoms with E-state index in [9.17, 15) is 0 Å². The third kappa shape index (κ3) is 6.56. The van der Waals surface area contributed by atoms with Crippen LogP contribution in [0.4, 0.5) is 0 Å². The molecule has 0 bridgehead atoms. The van der Waals surface area contributed by atoms with Crippen LogP contribution < -0.4 is 45.6 Å². The van der Waals surface area contributed by atoms with Crippen molar-refractivity contribution in [3.05, 3.63) is 146 Å². The molecule has 0 amide bonds. The zero-order chi connectivity index (χ0) is 27.4. The summed E-state index contributed by atoms with van der Waals surface area (Å²) in [5, 5.41) is 8.05. The van der Waals surface area contributed by atoms with Crippen LogP contribution in [-0.4, -0.2) is 16.1 Å². The fourth-order valence-electron chi connectivity index (χ4n) is 5.84. The predicted octanol–water partition coefficient (Wildman–Crippen LogP) is 0.679. The van der Waals surface area contributed by atoms with Crippen molar-refractivity contribution < 1.29 is 50.7 Å². The van der Waals surface area contributed by atoms with E-state index in [1.807, 2.05) is 0 Å². The molecule has 0 unspecified atom stereocenters. The van der Waals surface area contributed by atoms with Gasteiger partial charge in [-0.3, -0.25) is 0 Å². The molecule has 0 fully saturated rings. The summed E-state index contributed by atoms with van der Waals surface area (Å²) >= 11 is 0. The van der Waals surface area contributed by atoms with Gasteiger partial charge in [-0.2, -0.15) is 0 Å². The summed E-state index contributed by atoms with van der Waals surface area (Å²) in [5.74, 6) is 0. The normalized spacial score (nSPS) is 13.0. The fraction of sp³-hybridized carbons (Fsp3) is 0.189. The van der Waals surface area contributed by atoms with E-state index in [2.05, 4.69) is 149 Å². The third-order valence-corrected chi connectivity index (χ3v) is 12.3. The molecule has 0 heterocycles. The van der Waals surface area contributed by atoms with Crippen LogP contribution in [0.15, 0.2) is 103 Å². The quantitative estimate of drug-likeness (QED) is 0.182. The van der Waals surface area contributed by atoms with Crippen LogP contribution in [0.2, 0.25) is 39.3 Å². The van der Waals surface area contributed by atoms with Gasteiger partial charge < -0.3 is 24.8 Å². The van der Waals surface area contributed by atoms with Gasteiger partial charge in [0.1, 0.15) is 0 Å². The Morgan fingerprint density at radius 2 is 1.19 bits per heavy atom. The molecular weight excluding hydrogens is 750 g/mol. The standard InChI is InChI=1S/C37H37Si2.2ClH.Hf/c1-38(2,3)30-19-15-27(16-20-30)36(28-17-21-31(22-18-28)39(4,5)6)34-24-23-33-32-14-10-9-13-29(32)25-35(33)37(34)26-11-7-8-12-26;;;/h7-11,13-24H,12H2,1-6H3;2*1H;/q-1;;;/p-2. The first-order chi connectivity index (χ1) is 18.6. The van der Waals surface area contributed by atoms with Crippen LogP contribution >= 0.6 is 0 Å². The van der Waals surface area contributed by atoms with Crippen molar-refractivity contribution in [2.45, 2.75) is 45.7 Å². The van der Waals surface area contributed by atoms with E-state index in [0.29, 0.717) is 0 Å². The van der Waals surface area contributed by atoms with E-state index in [4.69, 9.17) is 0 Å². The SMILES string of the molecule is C[Si](C)(C)c1ccc(C(c2ccc([Si](C)(C)C)cc2)=c2ccc3c(c2C2=CC=CC2)[C-]=c2ccccc2=3)cc1.[Cl-].[Cl-].[Hf]. The second kappa shape index (κ2) is 13.3. The number of fused-ring (bicyclic) bond motifs is 2. The second-order valence-corrected chi connectivity index (χ2v) is 23.1. The number of rotatable bonds is 5. The van der Waals surface area contributed by atoms with E-state index >= 15 is 0 Å². The van der Waals surface area contributed by atoms with Crippen LogP contribution in [0.1, 0.15) is 28.7 Å². The Morgan fingerprint density at radius 1 is 0.643 bits per heavy atom. The number of hydrogen-bond acceptors (Lipinski definition) is 0. The minimum Gasteiger partial charge on any atom is -1.00 e. The van der Waals surface area contributed by atoms with E-state index in [1.165, 1.54) is 64.6 Å². The molecule has 0 saturated heterocycles. The maximum absolute atomic E-state index is 3.81. The van der Waals surface area contributed by atoms with Gasteiger partial charge in [0.2, 0.25) is 0 Å². The molecule has 0 nitrogen and oxygen atoms in total. The first kappa shape index (κ1) is 34.5. The number of hydrogen-bond donors (Lipinski definition) is 0. The molecule has 0 aromatic heterocycles. The van der Waals surface area contributed by atoms with Crippen molar-refractivity contribution in [1.29, 1.82) is 0 Å². The third-order valence-electron chi connectivity index (χ3n) is 8.12. The van der Waals surface area contributed by atoms with E-state index in [-0.39, 0.29) is 50.7 Å². The molecule has 0 spiro atoms. The van der Waals surface area contributed by atoms with Crippen molar-refractivity contribution >= 4 is 43.7 Å². The summed E-state index contributed by atoms with van der Waals surface area (Å²) in [5.41, 5.74) is 7.80. The molecule has 6 rings (SSSR count). The van der Waals surface area contributed by atoms with Gasteiger partial charge in [-0.1, -0.05) is 158 Å². The Hall–Kier alpha value is -2.02. The molecule has 0 radical (unpaired) electrons. The molecule has 0 aliphatic heterocycles. The average Bonchev–Trinajstić information content (AvgIpc) is 3.56. The van der Waals surface area contributed by atoms with Crippen LogP contribution in [-0.2, 0) is 25.8 Å². The summed E-state index contributed by atoms with van der Waals surface area (Å²) in [6.45, 7) is 14.5. The van der Waals surface area contributed by atoms with E-state index in [0.717, 1.165) is 6.42 Å². The van der Waals surface area contributed by atoms with Crippen molar-refractivity contribution in [3.8, 4) is 0 Å². The molecule has 5 heteroatoms. The minimum atomic E-state index is -1.39. The van der Waals surface area contributed by atoms with Gasteiger partial charge in [0.25, 0.3) is 0 Å². The van der Waals surface area contributed by atoms with E-state index < -0.39 is 16.1 Å². The molecular formula is C37H37Cl2HfSi2-3. The van der Waals surface area contributed by atoms with Crippen molar-refractivity contribution in [3.63, 3.8) is 0 Å². The summed E-state index contributed by atoms with van der Waals surface area (Å²) in [6, 6.07) is 32.3. The molecule has 4 aromatic rings. The zero-order valence-electron chi connectivity index (χ0n) is 25.3. The Labute approximate surface area is 284 Å². The van der Waals surface area contributed by atoms with Crippen LogP contribution in [0.5, 0.6) is 0 Å². The van der Waals surface area contributed by atoms with Crippen molar-refractivity contribution in [1.82, 2.24) is 0 Å². The summed E-state index contributed by atoms with van der Waals surface area (Å²) in [6.07, 6.45) is 11.5. The maximum atomic E-state index is 3.81. The number of halogens is 2. The zero-order valence-corrected chi connectivity index (χ0v) is 32.4. The molecule has 214 valence electrons. The Kier molecular flexibility index (Phi) is 10.9. The first-order valence-corrected chi connectivity index (χ1v) is 21.1. The predicted molar refractivity (Wildman–Crippen MR) is 175 cm³/mol. The monoisotopic (exact) mass is 787 g/mol. The topological polar surface area (TPSA) is 0 Å². The largest absolute Gasteiger partial charge is 1.00 e. The van der Waals surface area contributed by atoms with Gasteiger partial charge in [-0.05, 0) is 28.3 Å². The Morgan fingerprint density at radius 3 is 1.69 bits per heavy atom. The number of allylic oxidation sites excluding steroid dienone is 4. The van der Waals surface area contributed by atoms with Gasteiger partial charge in [0.15, 0.2) is 0 Å². The van der Waals surface area contributed by atoms with Crippen LogP contribution in [0.3, 0.4) is 0 Å².